The quantitative estimate of drug-likeness (QED) is 0.702. The topological polar surface area (TPSA) is 55.3 Å². The molecular weight excluding hydrogens is 338 g/mol. The molecule has 0 radical (unpaired) electrons. The number of amides is 1. The molecule has 4 rings (SSSR count). The molecule has 0 fully saturated rings. The molecule has 0 bridgehead atoms. The Hall–Kier alpha value is -3.47. The minimum Gasteiger partial charge on any atom is -0.456 e. The third kappa shape index (κ3) is 4.03. The van der Waals surface area contributed by atoms with Crippen LogP contribution in [0.15, 0.2) is 79.4 Å². The number of carbonyl (C=O) groups excluding carboxylic acids is 1. The fraction of sp³-hybridized carbons (Fsp3) is 0.136. The Balaban J connectivity index is 1.44. The molecule has 134 valence electrons. The molecule has 1 aliphatic rings. The molecule has 0 atom stereocenters. The van der Waals surface area contributed by atoms with E-state index in [-0.39, 0.29) is 5.91 Å². The zero-order chi connectivity index (χ0) is 18.5. The van der Waals surface area contributed by atoms with Crippen molar-refractivity contribution in [1.82, 2.24) is 14.9 Å². The summed E-state index contributed by atoms with van der Waals surface area (Å²) in [5.41, 5.74) is 2.86. The van der Waals surface area contributed by atoms with Gasteiger partial charge in [0.25, 0.3) is 5.91 Å². The average Bonchev–Trinajstić information content (AvgIpc) is 2.75. The number of carbonyl (C=O) groups is 1. The van der Waals surface area contributed by atoms with Crippen LogP contribution in [0.2, 0.25) is 0 Å². The van der Waals surface area contributed by atoms with E-state index in [9.17, 15) is 4.79 Å². The summed E-state index contributed by atoms with van der Waals surface area (Å²) in [6.45, 7) is 1.31. The number of ether oxygens (including phenoxy) is 1. The maximum Gasteiger partial charge on any atom is 0.254 e. The lowest BCUT2D eigenvalue weighted by Gasteiger charge is -2.27. The zero-order valence-corrected chi connectivity index (χ0v) is 14.8. The number of pyridine rings is 2. The highest BCUT2D eigenvalue weighted by Crippen LogP contribution is 2.24. The van der Waals surface area contributed by atoms with E-state index in [1.54, 1.807) is 30.7 Å². The van der Waals surface area contributed by atoms with Gasteiger partial charge in [-0.1, -0.05) is 12.1 Å². The summed E-state index contributed by atoms with van der Waals surface area (Å²) in [5.74, 6) is 1.37. The third-order valence-corrected chi connectivity index (χ3v) is 4.44. The van der Waals surface area contributed by atoms with Gasteiger partial charge in [0.2, 0.25) is 0 Å². The van der Waals surface area contributed by atoms with Gasteiger partial charge in [0.15, 0.2) is 0 Å². The lowest BCUT2D eigenvalue weighted by molar-refractivity contribution is 0.0775. The van der Waals surface area contributed by atoms with E-state index in [0.717, 1.165) is 24.1 Å². The van der Waals surface area contributed by atoms with E-state index in [1.807, 2.05) is 47.5 Å². The van der Waals surface area contributed by atoms with Crippen LogP contribution in [0, 0.1) is 0 Å². The third-order valence-electron chi connectivity index (χ3n) is 4.44. The standard InChI is InChI=1S/C22H19N3O2/c26-22(25-13-3-5-19(16-25)18-4-1-11-23-14-18)17-7-9-20(10-8-17)27-21-6-2-12-24-15-21/h1-2,4-12,14-15H,3,13,16H2. The lowest BCUT2D eigenvalue weighted by atomic mass is 10.0. The van der Waals surface area contributed by atoms with E-state index >= 15 is 0 Å². The maximum atomic E-state index is 12.9. The van der Waals surface area contributed by atoms with Gasteiger partial charge >= 0.3 is 0 Å². The summed E-state index contributed by atoms with van der Waals surface area (Å²) >= 11 is 0. The van der Waals surface area contributed by atoms with Crippen molar-refractivity contribution in [3.63, 3.8) is 0 Å². The number of hydrogen-bond acceptors (Lipinski definition) is 4. The van der Waals surface area contributed by atoms with Gasteiger partial charge in [-0.15, -0.1) is 0 Å². The Morgan fingerprint density at radius 3 is 2.41 bits per heavy atom. The molecule has 0 saturated carbocycles. The summed E-state index contributed by atoms with van der Waals surface area (Å²) in [6.07, 6.45) is 9.97. The summed E-state index contributed by atoms with van der Waals surface area (Å²) in [4.78, 5) is 22.9. The van der Waals surface area contributed by atoms with Gasteiger partial charge in [-0.25, -0.2) is 0 Å². The molecule has 0 N–H and O–H groups in total. The summed E-state index contributed by atoms with van der Waals surface area (Å²) < 4.78 is 5.73. The molecule has 0 unspecified atom stereocenters. The molecule has 0 spiro atoms. The Morgan fingerprint density at radius 2 is 1.70 bits per heavy atom. The number of benzene rings is 1. The molecule has 3 heterocycles. The van der Waals surface area contributed by atoms with Crippen molar-refractivity contribution in [1.29, 1.82) is 0 Å². The fourth-order valence-electron chi connectivity index (χ4n) is 3.07. The van der Waals surface area contributed by atoms with Gasteiger partial charge in [-0.3, -0.25) is 14.8 Å². The number of aromatic nitrogens is 2. The Kier molecular flexibility index (Phi) is 4.92. The molecule has 1 aliphatic heterocycles. The Labute approximate surface area is 158 Å². The Bertz CT molecular complexity index is 938. The SMILES string of the molecule is O=C(c1ccc(Oc2cccnc2)cc1)N1CCC=C(c2cccnc2)C1. The van der Waals surface area contributed by atoms with Crippen LogP contribution >= 0.6 is 0 Å². The van der Waals surface area contributed by atoms with Crippen LogP contribution in [-0.4, -0.2) is 33.9 Å². The molecule has 2 aromatic heterocycles. The predicted molar refractivity (Wildman–Crippen MR) is 103 cm³/mol. The average molecular weight is 357 g/mol. The lowest BCUT2D eigenvalue weighted by Crippen LogP contribution is -2.35. The molecule has 1 amide bonds. The fourth-order valence-corrected chi connectivity index (χ4v) is 3.07. The van der Waals surface area contributed by atoms with Gasteiger partial charge in [-0.2, -0.15) is 0 Å². The van der Waals surface area contributed by atoms with Crippen LogP contribution in [-0.2, 0) is 0 Å². The number of hydrogen-bond donors (Lipinski definition) is 0. The molecule has 1 aromatic carbocycles. The molecule has 0 aliphatic carbocycles. The maximum absolute atomic E-state index is 12.9. The van der Waals surface area contributed by atoms with Crippen LogP contribution in [0.5, 0.6) is 11.5 Å². The van der Waals surface area contributed by atoms with E-state index in [1.165, 1.54) is 0 Å². The first kappa shape index (κ1) is 17.0. The van der Waals surface area contributed by atoms with Gasteiger partial charge in [0.1, 0.15) is 11.5 Å². The first-order chi connectivity index (χ1) is 13.3. The van der Waals surface area contributed by atoms with Crippen LogP contribution in [0.4, 0.5) is 0 Å². The molecule has 5 nitrogen and oxygen atoms in total. The van der Waals surface area contributed by atoms with Crippen molar-refractivity contribution in [2.45, 2.75) is 6.42 Å². The molecule has 5 heteroatoms. The molecule has 3 aromatic rings. The first-order valence-corrected chi connectivity index (χ1v) is 8.86. The second kappa shape index (κ2) is 7.83. The van der Waals surface area contributed by atoms with Crippen molar-refractivity contribution in [3.05, 3.63) is 90.5 Å². The van der Waals surface area contributed by atoms with Crippen molar-refractivity contribution < 1.29 is 9.53 Å². The van der Waals surface area contributed by atoms with Crippen LogP contribution in [0.25, 0.3) is 5.57 Å². The van der Waals surface area contributed by atoms with Crippen molar-refractivity contribution in [2.24, 2.45) is 0 Å². The van der Waals surface area contributed by atoms with E-state index in [4.69, 9.17) is 4.74 Å². The predicted octanol–water partition coefficient (Wildman–Crippen LogP) is 4.20. The zero-order valence-electron chi connectivity index (χ0n) is 14.8. The second-order valence-electron chi connectivity index (χ2n) is 6.30. The van der Waals surface area contributed by atoms with Gasteiger partial charge in [-0.05, 0) is 60.0 Å². The smallest absolute Gasteiger partial charge is 0.254 e. The highest BCUT2D eigenvalue weighted by Gasteiger charge is 2.20. The minimum absolute atomic E-state index is 0.0254. The first-order valence-electron chi connectivity index (χ1n) is 8.86. The molecule has 27 heavy (non-hydrogen) atoms. The highest BCUT2D eigenvalue weighted by molar-refractivity contribution is 5.95. The van der Waals surface area contributed by atoms with Crippen LogP contribution < -0.4 is 4.74 Å². The summed E-state index contributed by atoms with van der Waals surface area (Å²) in [6, 6.07) is 14.8. The van der Waals surface area contributed by atoms with Crippen molar-refractivity contribution in [3.8, 4) is 11.5 Å². The van der Waals surface area contributed by atoms with Gasteiger partial charge in [0, 0.05) is 37.2 Å². The van der Waals surface area contributed by atoms with E-state index < -0.39 is 0 Å². The molecular formula is C22H19N3O2. The summed E-state index contributed by atoms with van der Waals surface area (Å²) in [7, 11) is 0. The largest absolute Gasteiger partial charge is 0.456 e. The van der Waals surface area contributed by atoms with Gasteiger partial charge < -0.3 is 9.64 Å². The Morgan fingerprint density at radius 1 is 0.926 bits per heavy atom. The van der Waals surface area contributed by atoms with Crippen LogP contribution in [0.3, 0.4) is 0 Å². The minimum atomic E-state index is 0.0254. The monoisotopic (exact) mass is 357 g/mol. The number of nitrogens with zero attached hydrogens (tertiary/aromatic N) is 3. The van der Waals surface area contributed by atoms with E-state index in [0.29, 0.717) is 23.6 Å². The van der Waals surface area contributed by atoms with E-state index in [2.05, 4.69) is 16.0 Å². The van der Waals surface area contributed by atoms with Crippen LogP contribution in [0.1, 0.15) is 22.3 Å². The highest BCUT2D eigenvalue weighted by atomic mass is 16.5. The number of rotatable bonds is 4. The van der Waals surface area contributed by atoms with Crippen molar-refractivity contribution in [2.75, 3.05) is 13.1 Å². The summed E-state index contributed by atoms with van der Waals surface area (Å²) in [5, 5.41) is 0. The molecule has 0 saturated heterocycles. The van der Waals surface area contributed by atoms with Crippen molar-refractivity contribution >= 4 is 11.5 Å². The van der Waals surface area contributed by atoms with Gasteiger partial charge in [0.05, 0.1) is 6.20 Å². The second-order valence-corrected chi connectivity index (χ2v) is 6.30. The normalized spacial score (nSPS) is 13.8.